The number of rotatable bonds is 2. The Morgan fingerprint density at radius 2 is 2.08 bits per heavy atom. The van der Waals surface area contributed by atoms with Gasteiger partial charge < -0.3 is 4.98 Å². The molecule has 0 amide bonds. The van der Waals surface area contributed by atoms with Crippen LogP contribution in [0.25, 0.3) is 10.9 Å². The number of benzene rings is 1. The predicted molar refractivity (Wildman–Crippen MR) is 52.7 cm³/mol. The Kier molecular flexibility index (Phi) is 2.05. The number of H-pyrrole nitrogens is 1. The van der Waals surface area contributed by atoms with Gasteiger partial charge in [0.15, 0.2) is 0 Å². The molecule has 1 nitrogen and oxygen atoms in total. The van der Waals surface area contributed by atoms with Crippen molar-refractivity contribution in [3.8, 4) is 0 Å². The molecule has 0 saturated heterocycles. The molecule has 0 aliphatic carbocycles. The monoisotopic (exact) mass is 179 g/mol. The number of para-hydroxylation sites is 1. The molecule has 0 spiro atoms. The van der Waals surface area contributed by atoms with E-state index < -0.39 is 0 Å². The number of aromatic nitrogens is 1. The van der Waals surface area contributed by atoms with Gasteiger partial charge in [-0.1, -0.05) is 18.2 Å². The van der Waals surface area contributed by atoms with E-state index in [0.29, 0.717) is 5.88 Å². The molecule has 0 unspecified atom stereocenters. The van der Waals surface area contributed by atoms with Crippen LogP contribution in [0.2, 0.25) is 0 Å². The second kappa shape index (κ2) is 3.20. The van der Waals surface area contributed by atoms with Crippen molar-refractivity contribution >= 4 is 22.5 Å². The lowest BCUT2D eigenvalue weighted by Gasteiger charge is -1.92. The number of halogens is 1. The summed E-state index contributed by atoms with van der Waals surface area (Å²) in [4.78, 5) is 3.21. The number of nitrogens with one attached hydrogen (secondary N) is 1. The fraction of sp³-hybridized carbons (Fsp3) is 0.200. The SMILES string of the molecule is ClCCc1c[nH]c2ccccc12. The smallest absolute Gasteiger partial charge is 0.0456 e. The van der Waals surface area contributed by atoms with Crippen LogP contribution in [0.1, 0.15) is 5.56 Å². The maximum Gasteiger partial charge on any atom is 0.0456 e. The van der Waals surface area contributed by atoms with Crippen LogP contribution in [0.15, 0.2) is 30.5 Å². The molecule has 0 bridgehead atoms. The van der Waals surface area contributed by atoms with Gasteiger partial charge in [0.25, 0.3) is 0 Å². The molecule has 2 rings (SSSR count). The van der Waals surface area contributed by atoms with Crippen LogP contribution in [-0.4, -0.2) is 10.9 Å². The third-order valence-corrected chi connectivity index (χ3v) is 2.23. The van der Waals surface area contributed by atoms with Crippen LogP contribution < -0.4 is 0 Å². The largest absolute Gasteiger partial charge is 0.361 e. The van der Waals surface area contributed by atoms with Crippen molar-refractivity contribution in [2.24, 2.45) is 0 Å². The lowest BCUT2D eigenvalue weighted by Crippen LogP contribution is -1.81. The zero-order chi connectivity index (χ0) is 8.39. The number of aromatic amines is 1. The van der Waals surface area contributed by atoms with Gasteiger partial charge in [0.05, 0.1) is 0 Å². The molecule has 1 aromatic heterocycles. The van der Waals surface area contributed by atoms with E-state index >= 15 is 0 Å². The zero-order valence-electron chi connectivity index (χ0n) is 6.68. The molecule has 0 fully saturated rings. The molecule has 1 N–H and O–H groups in total. The van der Waals surface area contributed by atoms with Gasteiger partial charge in [-0.3, -0.25) is 0 Å². The predicted octanol–water partition coefficient (Wildman–Crippen LogP) is 2.95. The second-order valence-electron chi connectivity index (χ2n) is 2.80. The van der Waals surface area contributed by atoms with Crippen LogP contribution in [0.4, 0.5) is 0 Å². The molecule has 12 heavy (non-hydrogen) atoms. The molecule has 0 atom stereocenters. The number of hydrogen-bond donors (Lipinski definition) is 1. The maximum absolute atomic E-state index is 5.68. The van der Waals surface area contributed by atoms with Crippen molar-refractivity contribution in [1.82, 2.24) is 4.98 Å². The van der Waals surface area contributed by atoms with Crippen molar-refractivity contribution in [3.63, 3.8) is 0 Å². The van der Waals surface area contributed by atoms with Gasteiger partial charge in [-0.15, -0.1) is 11.6 Å². The lowest BCUT2D eigenvalue weighted by atomic mass is 10.1. The first kappa shape index (κ1) is 7.69. The zero-order valence-corrected chi connectivity index (χ0v) is 7.43. The molecule has 0 aliphatic heterocycles. The minimum absolute atomic E-state index is 0.682. The van der Waals surface area contributed by atoms with Crippen LogP contribution >= 0.6 is 11.6 Å². The Hall–Kier alpha value is -0.950. The first-order valence-electron chi connectivity index (χ1n) is 4.03. The fourth-order valence-corrected chi connectivity index (χ4v) is 1.64. The van der Waals surface area contributed by atoms with E-state index in [9.17, 15) is 0 Å². The van der Waals surface area contributed by atoms with E-state index in [1.165, 1.54) is 16.5 Å². The van der Waals surface area contributed by atoms with Crippen molar-refractivity contribution in [2.75, 3.05) is 5.88 Å². The Labute approximate surface area is 76.4 Å². The van der Waals surface area contributed by atoms with Gasteiger partial charge in [-0.2, -0.15) is 0 Å². The number of fused-ring (bicyclic) bond motifs is 1. The van der Waals surface area contributed by atoms with Crippen LogP contribution in [0.3, 0.4) is 0 Å². The van der Waals surface area contributed by atoms with Crippen LogP contribution in [0, 0.1) is 0 Å². The Morgan fingerprint density at radius 3 is 2.92 bits per heavy atom. The summed E-state index contributed by atoms with van der Waals surface area (Å²) < 4.78 is 0. The highest BCUT2D eigenvalue weighted by Gasteiger charge is 2.00. The van der Waals surface area contributed by atoms with E-state index in [-0.39, 0.29) is 0 Å². The third-order valence-electron chi connectivity index (χ3n) is 2.04. The molecule has 2 aromatic rings. The Morgan fingerprint density at radius 1 is 1.25 bits per heavy atom. The van der Waals surface area contributed by atoms with Gasteiger partial charge in [-0.05, 0) is 18.1 Å². The molecule has 0 radical (unpaired) electrons. The van der Waals surface area contributed by atoms with E-state index in [0.717, 1.165) is 6.42 Å². The molecule has 62 valence electrons. The first-order chi connectivity index (χ1) is 5.92. The van der Waals surface area contributed by atoms with Crippen molar-refractivity contribution in [2.45, 2.75) is 6.42 Å². The van der Waals surface area contributed by atoms with E-state index in [2.05, 4.69) is 17.1 Å². The summed E-state index contributed by atoms with van der Waals surface area (Å²) in [7, 11) is 0. The summed E-state index contributed by atoms with van der Waals surface area (Å²) in [5, 5.41) is 1.29. The van der Waals surface area contributed by atoms with E-state index in [4.69, 9.17) is 11.6 Å². The Balaban J connectivity index is 2.55. The van der Waals surface area contributed by atoms with Gasteiger partial charge in [0.2, 0.25) is 0 Å². The molecule has 0 aliphatic rings. The summed E-state index contributed by atoms with van der Waals surface area (Å²) in [5.74, 6) is 0.682. The number of aryl methyl sites for hydroxylation is 1. The molecule has 1 aromatic carbocycles. The number of alkyl halides is 1. The highest BCUT2D eigenvalue weighted by molar-refractivity contribution is 6.18. The second-order valence-corrected chi connectivity index (χ2v) is 3.18. The summed E-state index contributed by atoms with van der Waals surface area (Å²) in [6, 6.07) is 8.28. The third kappa shape index (κ3) is 1.21. The van der Waals surface area contributed by atoms with E-state index in [1.54, 1.807) is 0 Å². The maximum atomic E-state index is 5.68. The van der Waals surface area contributed by atoms with E-state index in [1.807, 2.05) is 18.3 Å². The summed E-state index contributed by atoms with van der Waals surface area (Å²) in [6.45, 7) is 0. The topological polar surface area (TPSA) is 15.8 Å². The highest BCUT2D eigenvalue weighted by atomic mass is 35.5. The highest BCUT2D eigenvalue weighted by Crippen LogP contribution is 2.17. The molecular formula is C10H10ClN. The standard InChI is InChI=1S/C10H10ClN/c11-6-5-8-7-12-10-4-2-1-3-9(8)10/h1-4,7,12H,5-6H2. The molecule has 2 heteroatoms. The van der Waals surface area contributed by atoms with Gasteiger partial charge in [0.1, 0.15) is 0 Å². The summed E-state index contributed by atoms with van der Waals surface area (Å²) in [5.41, 5.74) is 2.50. The average molecular weight is 180 g/mol. The molecular weight excluding hydrogens is 170 g/mol. The van der Waals surface area contributed by atoms with Crippen molar-refractivity contribution in [3.05, 3.63) is 36.0 Å². The fourth-order valence-electron chi connectivity index (χ4n) is 1.44. The average Bonchev–Trinajstić information content (AvgIpc) is 2.50. The quantitative estimate of drug-likeness (QED) is 0.683. The minimum atomic E-state index is 0.682. The van der Waals surface area contributed by atoms with Crippen molar-refractivity contribution in [1.29, 1.82) is 0 Å². The van der Waals surface area contributed by atoms with Crippen LogP contribution in [-0.2, 0) is 6.42 Å². The summed E-state index contributed by atoms with van der Waals surface area (Å²) in [6.07, 6.45) is 2.97. The van der Waals surface area contributed by atoms with Gasteiger partial charge in [-0.25, -0.2) is 0 Å². The molecule has 0 saturated carbocycles. The van der Waals surface area contributed by atoms with Crippen LogP contribution in [0.5, 0.6) is 0 Å². The lowest BCUT2D eigenvalue weighted by molar-refractivity contribution is 1.16. The minimum Gasteiger partial charge on any atom is -0.361 e. The van der Waals surface area contributed by atoms with Gasteiger partial charge >= 0.3 is 0 Å². The first-order valence-corrected chi connectivity index (χ1v) is 4.56. The van der Waals surface area contributed by atoms with Crippen molar-refractivity contribution < 1.29 is 0 Å². The summed E-state index contributed by atoms with van der Waals surface area (Å²) >= 11 is 5.68. The normalized spacial score (nSPS) is 10.8. The van der Waals surface area contributed by atoms with Gasteiger partial charge in [0, 0.05) is 23.0 Å². The molecule has 1 heterocycles. The number of hydrogen-bond acceptors (Lipinski definition) is 0. The Bertz CT molecular complexity index is 378.